The molecule has 0 radical (unpaired) electrons. The van der Waals surface area contributed by atoms with Crippen molar-refractivity contribution in [3.05, 3.63) is 59.7 Å². The van der Waals surface area contributed by atoms with E-state index in [4.69, 9.17) is 15.2 Å². The molecule has 2 amide bonds. The van der Waals surface area contributed by atoms with Gasteiger partial charge in [-0.25, -0.2) is 0 Å². The SMILES string of the molecule is CC1Oc2ccccc2OC1C(=O)NCC#Cc1ccc(C(N)=O)cc1. The fourth-order valence-corrected chi connectivity index (χ4v) is 2.50. The fourth-order valence-electron chi connectivity index (χ4n) is 2.50. The molecule has 0 aliphatic carbocycles. The zero-order valence-electron chi connectivity index (χ0n) is 14.2. The maximum atomic E-state index is 12.3. The van der Waals surface area contributed by atoms with Gasteiger partial charge in [0.2, 0.25) is 12.0 Å². The molecule has 0 spiro atoms. The molecule has 0 fully saturated rings. The van der Waals surface area contributed by atoms with Gasteiger partial charge in [-0.1, -0.05) is 24.0 Å². The number of benzene rings is 2. The van der Waals surface area contributed by atoms with E-state index in [2.05, 4.69) is 17.2 Å². The summed E-state index contributed by atoms with van der Waals surface area (Å²) in [6.45, 7) is 1.96. The fraction of sp³-hybridized carbons (Fsp3) is 0.200. The number of rotatable bonds is 3. The van der Waals surface area contributed by atoms with E-state index >= 15 is 0 Å². The Kier molecular flexibility index (Phi) is 5.09. The minimum absolute atomic E-state index is 0.171. The standard InChI is InChI=1S/C20H18N2O4/c1-13-18(26-17-7-3-2-6-16(17)25-13)20(24)22-12-4-5-14-8-10-15(11-9-14)19(21)23/h2-3,6-11,13,18H,12H2,1H3,(H2,21,23)(H,22,24). The van der Waals surface area contributed by atoms with E-state index < -0.39 is 18.1 Å². The topological polar surface area (TPSA) is 90.7 Å². The summed E-state index contributed by atoms with van der Waals surface area (Å²) < 4.78 is 11.4. The number of ether oxygens (including phenoxy) is 2. The van der Waals surface area contributed by atoms with Crippen LogP contribution in [-0.2, 0) is 4.79 Å². The second kappa shape index (κ2) is 7.62. The van der Waals surface area contributed by atoms with Crippen LogP contribution in [0.5, 0.6) is 11.5 Å². The number of hydrogen-bond donors (Lipinski definition) is 2. The van der Waals surface area contributed by atoms with Gasteiger partial charge in [0.05, 0.1) is 6.54 Å². The lowest BCUT2D eigenvalue weighted by atomic mass is 10.1. The van der Waals surface area contributed by atoms with Crippen molar-refractivity contribution in [1.29, 1.82) is 0 Å². The molecule has 1 heterocycles. The van der Waals surface area contributed by atoms with Gasteiger partial charge in [-0.05, 0) is 43.3 Å². The van der Waals surface area contributed by atoms with E-state index in [0.29, 0.717) is 17.1 Å². The largest absolute Gasteiger partial charge is 0.482 e. The van der Waals surface area contributed by atoms with Crippen LogP contribution >= 0.6 is 0 Å². The van der Waals surface area contributed by atoms with Gasteiger partial charge in [-0.15, -0.1) is 0 Å². The van der Waals surface area contributed by atoms with E-state index in [9.17, 15) is 9.59 Å². The van der Waals surface area contributed by atoms with Gasteiger partial charge < -0.3 is 20.5 Å². The Labute approximate surface area is 151 Å². The van der Waals surface area contributed by atoms with Crippen molar-refractivity contribution in [2.45, 2.75) is 19.1 Å². The molecule has 0 saturated heterocycles. The van der Waals surface area contributed by atoms with Crippen LogP contribution in [0.4, 0.5) is 0 Å². The number of carbonyl (C=O) groups is 2. The first-order valence-corrected chi connectivity index (χ1v) is 8.13. The van der Waals surface area contributed by atoms with Gasteiger partial charge in [-0.2, -0.15) is 0 Å². The number of para-hydroxylation sites is 2. The van der Waals surface area contributed by atoms with Gasteiger partial charge in [0.25, 0.3) is 5.91 Å². The Bertz CT molecular complexity index is 881. The Morgan fingerprint density at radius 3 is 2.38 bits per heavy atom. The van der Waals surface area contributed by atoms with Crippen molar-refractivity contribution in [3.63, 3.8) is 0 Å². The van der Waals surface area contributed by atoms with Crippen molar-refractivity contribution in [2.24, 2.45) is 5.73 Å². The van der Waals surface area contributed by atoms with E-state index in [1.54, 1.807) is 43.3 Å². The smallest absolute Gasteiger partial charge is 0.265 e. The molecular weight excluding hydrogens is 332 g/mol. The minimum atomic E-state index is -0.735. The molecule has 1 aliphatic heterocycles. The molecule has 3 N–H and O–H groups in total. The highest BCUT2D eigenvalue weighted by atomic mass is 16.6. The number of carbonyl (C=O) groups excluding carboxylic acids is 2. The molecule has 1 aliphatic rings. The lowest BCUT2D eigenvalue weighted by Crippen LogP contribution is -2.49. The number of amides is 2. The lowest BCUT2D eigenvalue weighted by Gasteiger charge is -2.30. The number of fused-ring (bicyclic) bond motifs is 1. The van der Waals surface area contributed by atoms with Gasteiger partial charge in [0.1, 0.15) is 6.10 Å². The summed E-state index contributed by atoms with van der Waals surface area (Å²) in [7, 11) is 0. The van der Waals surface area contributed by atoms with Crippen LogP contribution in [0.15, 0.2) is 48.5 Å². The first-order chi connectivity index (χ1) is 12.5. The minimum Gasteiger partial charge on any atom is -0.482 e. The van der Waals surface area contributed by atoms with Gasteiger partial charge in [0.15, 0.2) is 11.5 Å². The van der Waals surface area contributed by atoms with Crippen molar-refractivity contribution in [3.8, 4) is 23.3 Å². The van der Waals surface area contributed by atoms with E-state index in [1.165, 1.54) is 0 Å². The summed E-state index contributed by atoms with van der Waals surface area (Å²) in [6.07, 6.45) is -1.14. The second-order valence-electron chi connectivity index (χ2n) is 5.77. The second-order valence-corrected chi connectivity index (χ2v) is 5.77. The van der Waals surface area contributed by atoms with E-state index in [-0.39, 0.29) is 12.5 Å². The van der Waals surface area contributed by atoms with Crippen LogP contribution in [0.25, 0.3) is 0 Å². The highest BCUT2D eigenvalue weighted by Crippen LogP contribution is 2.33. The molecular formula is C20H18N2O4. The first kappa shape index (κ1) is 17.4. The Morgan fingerprint density at radius 1 is 1.08 bits per heavy atom. The van der Waals surface area contributed by atoms with Crippen LogP contribution in [0.1, 0.15) is 22.8 Å². The molecule has 2 unspecified atom stereocenters. The maximum Gasteiger partial charge on any atom is 0.265 e. The molecule has 6 nitrogen and oxygen atoms in total. The van der Waals surface area contributed by atoms with E-state index in [0.717, 1.165) is 5.56 Å². The van der Waals surface area contributed by atoms with Crippen molar-refractivity contribution < 1.29 is 19.1 Å². The molecule has 0 saturated carbocycles. The molecule has 2 aromatic rings. The van der Waals surface area contributed by atoms with Crippen LogP contribution in [0.3, 0.4) is 0 Å². The molecule has 0 aromatic heterocycles. The van der Waals surface area contributed by atoms with Gasteiger partial charge >= 0.3 is 0 Å². The molecule has 3 rings (SSSR count). The molecule has 6 heteroatoms. The predicted octanol–water partition coefficient (Wildman–Crippen LogP) is 1.48. The van der Waals surface area contributed by atoms with Crippen LogP contribution in [-0.4, -0.2) is 30.6 Å². The Balaban J connectivity index is 1.56. The summed E-state index contributed by atoms with van der Waals surface area (Å²) in [5.74, 6) is 6.17. The third kappa shape index (κ3) is 3.95. The molecule has 2 aromatic carbocycles. The normalized spacial score (nSPS) is 17.6. The van der Waals surface area contributed by atoms with E-state index in [1.807, 2.05) is 12.1 Å². The first-order valence-electron chi connectivity index (χ1n) is 8.13. The maximum absolute atomic E-state index is 12.3. The highest BCUT2D eigenvalue weighted by molar-refractivity contribution is 5.92. The summed E-state index contributed by atoms with van der Waals surface area (Å²) in [4.78, 5) is 23.3. The third-order valence-corrected chi connectivity index (χ3v) is 3.85. The molecule has 26 heavy (non-hydrogen) atoms. The number of hydrogen-bond acceptors (Lipinski definition) is 4. The number of primary amides is 1. The predicted molar refractivity (Wildman–Crippen MR) is 95.8 cm³/mol. The summed E-state index contributed by atoms with van der Waals surface area (Å²) >= 11 is 0. The molecule has 132 valence electrons. The van der Waals surface area contributed by atoms with Crippen molar-refractivity contribution in [1.82, 2.24) is 5.32 Å². The number of nitrogens with one attached hydrogen (secondary N) is 1. The van der Waals surface area contributed by atoms with Crippen molar-refractivity contribution in [2.75, 3.05) is 6.54 Å². The van der Waals surface area contributed by atoms with Crippen LogP contribution < -0.4 is 20.5 Å². The Hall–Kier alpha value is -3.46. The zero-order valence-corrected chi connectivity index (χ0v) is 14.2. The average Bonchev–Trinajstić information content (AvgIpc) is 2.64. The zero-order chi connectivity index (χ0) is 18.5. The van der Waals surface area contributed by atoms with Gasteiger partial charge in [-0.3, -0.25) is 9.59 Å². The molecule has 0 bridgehead atoms. The van der Waals surface area contributed by atoms with Crippen molar-refractivity contribution >= 4 is 11.8 Å². The average molecular weight is 350 g/mol. The monoisotopic (exact) mass is 350 g/mol. The quantitative estimate of drug-likeness (QED) is 0.821. The van der Waals surface area contributed by atoms with Crippen LogP contribution in [0, 0.1) is 11.8 Å². The number of nitrogens with two attached hydrogens (primary N) is 1. The summed E-state index contributed by atoms with van der Waals surface area (Å²) in [6, 6.07) is 13.8. The summed E-state index contributed by atoms with van der Waals surface area (Å²) in [5.41, 5.74) is 6.34. The van der Waals surface area contributed by atoms with Crippen LogP contribution in [0.2, 0.25) is 0 Å². The van der Waals surface area contributed by atoms with Gasteiger partial charge in [0, 0.05) is 11.1 Å². The Morgan fingerprint density at radius 2 is 1.73 bits per heavy atom. The lowest BCUT2D eigenvalue weighted by molar-refractivity contribution is -0.133. The third-order valence-electron chi connectivity index (χ3n) is 3.85. The molecule has 2 atom stereocenters. The highest BCUT2D eigenvalue weighted by Gasteiger charge is 2.33. The summed E-state index contributed by atoms with van der Waals surface area (Å²) in [5, 5.41) is 2.72.